The van der Waals surface area contributed by atoms with Gasteiger partial charge in [-0.25, -0.2) is 13.1 Å². The molecule has 2 aromatic heterocycles. The number of nitrogens with zero attached hydrogens (tertiary/aromatic N) is 3. The van der Waals surface area contributed by atoms with Crippen molar-refractivity contribution >= 4 is 21.4 Å². The first-order chi connectivity index (χ1) is 9.97. The number of rotatable bonds is 8. The third-order valence-electron chi connectivity index (χ3n) is 2.71. The zero-order valence-corrected chi connectivity index (χ0v) is 13.6. The van der Waals surface area contributed by atoms with Crippen LogP contribution in [0.5, 0.6) is 0 Å². The van der Waals surface area contributed by atoms with Gasteiger partial charge in [0.05, 0.1) is 12.7 Å². The molecule has 21 heavy (non-hydrogen) atoms. The average Bonchev–Trinajstić information content (AvgIpc) is 3.07. The molecule has 0 saturated heterocycles. The molecule has 0 atom stereocenters. The Morgan fingerprint density at radius 1 is 1.43 bits per heavy atom. The second kappa shape index (κ2) is 7.12. The van der Waals surface area contributed by atoms with Crippen LogP contribution >= 0.6 is 11.3 Å². The van der Waals surface area contributed by atoms with Crippen LogP contribution in [0, 0.1) is 0 Å². The second-order valence-corrected chi connectivity index (χ2v) is 7.78. The monoisotopic (exact) mass is 329 g/mol. The molecule has 0 aliphatic heterocycles. The van der Waals surface area contributed by atoms with E-state index in [1.165, 1.54) is 11.3 Å². The molecule has 0 amide bonds. The lowest BCUT2D eigenvalue weighted by molar-refractivity contribution is 0.554. The highest BCUT2D eigenvalue weighted by molar-refractivity contribution is 7.91. The van der Waals surface area contributed by atoms with E-state index in [9.17, 15) is 8.42 Å². The molecular weight excluding hydrogens is 310 g/mol. The van der Waals surface area contributed by atoms with Gasteiger partial charge in [-0.15, -0.1) is 16.4 Å². The predicted octanol–water partition coefficient (Wildman–Crippen LogP) is 0.816. The molecule has 0 fully saturated rings. The van der Waals surface area contributed by atoms with E-state index in [0.717, 1.165) is 5.56 Å². The SMILES string of the molecule is CC(C)NCc1csc(S(=O)(=O)NCCn2ccnn2)c1. The molecular formula is C12H19N5O2S2. The molecule has 0 aliphatic carbocycles. The lowest BCUT2D eigenvalue weighted by Gasteiger charge is -2.06. The average molecular weight is 329 g/mol. The number of hydrogen-bond acceptors (Lipinski definition) is 6. The van der Waals surface area contributed by atoms with E-state index in [-0.39, 0.29) is 6.54 Å². The molecule has 0 aliphatic rings. The molecule has 7 nitrogen and oxygen atoms in total. The smallest absolute Gasteiger partial charge is 0.250 e. The second-order valence-electron chi connectivity index (χ2n) is 4.87. The van der Waals surface area contributed by atoms with Crippen molar-refractivity contribution in [2.45, 2.75) is 37.2 Å². The van der Waals surface area contributed by atoms with Gasteiger partial charge < -0.3 is 5.32 Å². The van der Waals surface area contributed by atoms with E-state index in [2.05, 4.69) is 34.2 Å². The lowest BCUT2D eigenvalue weighted by atomic mass is 10.3. The van der Waals surface area contributed by atoms with Gasteiger partial charge in [0.2, 0.25) is 10.0 Å². The van der Waals surface area contributed by atoms with Crippen LogP contribution in [-0.2, 0) is 23.1 Å². The predicted molar refractivity (Wildman–Crippen MR) is 81.5 cm³/mol. The van der Waals surface area contributed by atoms with Crippen LogP contribution in [0.3, 0.4) is 0 Å². The van der Waals surface area contributed by atoms with Crippen molar-refractivity contribution in [3.63, 3.8) is 0 Å². The van der Waals surface area contributed by atoms with Crippen molar-refractivity contribution in [2.75, 3.05) is 6.54 Å². The molecule has 0 radical (unpaired) electrons. The van der Waals surface area contributed by atoms with Crippen molar-refractivity contribution in [1.82, 2.24) is 25.0 Å². The van der Waals surface area contributed by atoms with Gasteiger partial charge in [-0.05, 0) is 17.0 Å². The summed E-state index contributed by atoms with van der Waals surface area (Å²) < 4.78 is 28.8. The summed E-state index contributed by atoms with van der Waals surface area (Å²) in [6.07, 6.45) is 3.25. The maximum atomic E-state index is 12.1. The quantitative estimate of drug-likeness (QED) is 0.748. The zero-order chi connectivity index (χ0) is 15.3. The highest BCUT2D eigenvalue weighted by atomic mass is 32.2. The Balaban J connectivity index is 1.89. The molecule has 0 spiro atoms. The highest BCUT2D eigenvalue weighted by Gasteiger charge is 2.16. The standard InChI is InChI=1S/C12H19N5O2S2/c1-10(2)13-8-11-7-12(20-9-11)21(18,19)15-4-6-17-5-3-14-16-17/h3,5,7,9-10,13,15H,4,6,8H2,1-2H3. The van der Waals surface area contributed by atoms with Crippen LogP contribution in [0.4, 0.5) is 0 Å². The van der Waals surface area contributed by atoms with Gasteiger partial charge in [-0.2, -0.15) is 0 Å². The van der Waals surface area contributed by atoms with Gasteiger partial charge in [0.1, 0.15) is 4.21 Å². The molecule has 9 heteroatoms. The normalized spacial score (nSPS) is 12.1. The highest BCUT2D eigenvalue weighted by Crippen LogP contribution is 2.20. The van der Waals surface area contributed by atoms with Gasteiger partial charge in [0.15, 0.2) is 0 Å². The lowest BCUT2D eigenvalue weighted by Crippen LogP contribution is -2.27. The molecule has 2 rings (SSSR count). The largest absolute Gasteiger partial charge is 0.310 e. The number of aromatic nitrogens is 3. The summed E-state index contributed by atoms with van der Waals surface area (Å²) in [5, 5.41) is 12.6. The number of nitrogens with one attached hydrogen (secondary N) is 2. The van der Waals surface area contributed by atoms with E-state index in [4.69, 9.17) is 0 Å². The van der Waals surface area contributed by atoms with Crippen molar-refractivity contribution in [2.24, 2.45) is 0 Å². The third kappa shape index (κ3) is 4.88. The third-order valence-corrected chi connectivity index (χ3v) is 5.66. The van der Waals surface area contributed by atoms with Crippen molar-refractivity contribution < 1.29 is 8.42 Å². The van der Waals surface area contributed by atoms with E-state index in [1.807, 2.05) is 5.38 Å². The zero-order valence-electron chi connectivity index (χ0n) is 12.0. The van der Waals surface area contributed by atoms with E-state index >= 15 is 0 Å². The summed E-state index contributed by atoms with van der Waals surface area (Å²) in [5.74, 6) is 0. The van der Waals surface area contributed by atoms with Crippen LogP contribution in [0.25, 0.3) is 0 Å². The van der Waals surface area contributed by atoms with Gasteiger partial charge >= 0.3 is 0 Å². The molecule has 116 valence electrons. The van der Waals surface area contributed by atoms with Crippen molar-refractivity contribution in [1.29, 1.82) is 0 Å². The first-order valence-corrected chi connectivity index (χ1v) is 8.98. The first-order valence-electron chi connectivity index (χ1n) is 6.62. The van der Waals surface area contributed by atoms with Gasteiger partial charge in [-0.3, -0.25) is 4.68 Å². The molecule has 0 aromatic carbocycles. The Labute approximate surface area is 128 Å². The van der Waals surface area contributed by atoms with Gasteiger partial charge in [-0.1, -0.05) is 19.1 Å². The fourth-order valence-electron chi connectivity index (χ4n) is 1.63. The Morgan fingerprint density at radius 3 is 2.90 bits per heavy atom. The van der Waals surface area contributed by atoms with E-state index in [1.54, 1.807) is 23.1 Å². The van der Waals surface area contributed by atoms with Crippen LogP contribution in [-0.4, -0.2) is 36.0 Å². The first kappa shape index (κ1) is 16.1. The minimum absolute atomic E-state index is 0.281. The Kier molecular flexibility index (Phi) is 5.45. The van der Waals surface area contributed by atoms with Crippen LogP contribution < -0.4 is 10.0 Å². The Morgan fingerprint density at radius 2 is 2.24 bits per heavy atom. The summed E-state index contributed by atoms with van der Waals surface area (Å²) in [7, 11) is -3.45. The molecule has 2 heterocycles. The molecule has 2 aromatic rings. The summed E-state index contributed by atoms with van der Waals surface area (Å²) in [6.45, 7) is 5.50. The van der Waals surface area contributed by atoms with E-state index in [0.29, 0.717) is 23.3 Å². The summed E-state index contributed by atoms with van der Waals surface area (Å²) >= 11 is 1.23. The Bertz CT molecular complexity index is 649. The Hall–Kier alpha value is -1.29. The van der Waals surface area contributed by atoms with Crippen molar-refractivity contribution in [3.05, 3.63) is 29.4 Å². The molecule has 2 N–H and O–H groups in total. The van der Waals surface area contributed by atoms with Crippen LogP contribution in [0.1, 0.15) is 19.4 Å². The van der Waals surface area contributed by atoms with E-state index < -0.39 is 10.0 Å². The summed E-state index contributed by atoms with van der Waals surface area (Å²) in [4.78, 5) is 0. The van der Waals surface area contributed by atoms with Crippen molar-refractivity contribution in [3.8, 4) is 0 Å². The van der Waals surface area contributed by atoms with Gasteiger partial charge in [0.25, 0.3) is 0 Å². The maximum absolute atomic E-state index is 12.1. The minimum Gasteiger partial charge on any atom is -0.310 e. The summed E-state index contributed by atoms with van der Waals surface area (Å²) in [6, 6.07) is 2.07. The molecule has 0 unspecified atom stereocenters. The molecule has 0 saturated carbocycles. The fourth-order valence-corrected chi connectivity index (χ4v) is 3.90. The summed E-state index contributed by atoms with van der Waals surface area (Å²) in [5.41, 5.74) is 0.977. The maximum Gasteiger partial charge on any atom is 0.250 e. The van der Waals surface area contributed by atoms with Crippen LogP contribution in [0.2, 0.25) is 0 Å². The molecule has 0 bridgehead atoms. The minimum atomic E-state index is -3.45. The number of sulfonamides is 1. The van der Waals surface area contributed by atoms with Crippen LogP contribution in [0.15, 0.2) is 28.0 Å². The topological polar surface area (TPSA) is 88.9 Å². The fraction of sp³-hybridized carbons (Fsp3) is 0.500. The number of thiophene rings is 1. The number of hydrogen-bond donors (Lipinski definition) is 2. The van der Waals surface area contributed by atoms with Gasteiger partial charge in [0, 0.05) is 25.3 Å².